The number of carbonyl (C=O) groups is 1. The number of Topliss-reactive ketones (excluding diaryl/α,β-unsaturated/α-hetero) is 1. The molecule has 3 rings (SSSR count). The Bertz CT molecular complexity index is 991. The number of nitrogens with two attached hydrogens (primary N) is 1. The lowest BCUT2D eigenvalue weighted by Gasteiger charge is -2.22. The van der Waals surface area contributed by atoms with Crippen LogP contribution in [0.25, 0.3) is 16.7 Å². The summed E-state index contributed by atoms with van der Waals surface area (Å²) in [6.07, 6.45) is 1.35. The van der Waals surface area contributed by atoms with Gasteiger partial charge in [-0.2, -0.15) is 0 Å². The third-order valence-electron chi connectivity index (χ3n) is 3.64. The Morgan fingerprint density at radius 2 is 1.86 bits per heavy atom. The summed E-state index contributed by atoms with van der Waals surface area (Å²) in [6.45, 7) is 5.14. The molecule has 0 radical (unpaired) electrons. The largest absolute Gasteiger partial charge is 0.395 e. The fourth-order valence-electron chi connectivity index (χ4n) is 2.45. The molecule has 0 unspecified atom stereocenters. The summed E-state index contributed by atoms with van der Waals surface area (Å²) in [4.78, 5) is 49.9. The monoisotopic (exact) mass is 295 g/mol. The van der Waals surface area contributed by atoms with Gasteiger partial charge in [-0.3, -0.25) is 19.4 Å². The first kappa shape index (κ1) is 13.7. The first-order chi connectivity index (χ1) is 10.4. The van der Waals surface area contributed by atoms with Crippen LogP contribution < -0.4 is 16.6 Å². The Labute approximate surface area is 123 Å². The van der Waals surface area contributed by atoms with Crippen molar-refractivity contribution >= 4 is 17.0 Å². The van der Waals surface area contributed by atoms with Crippen molar-refractivity contribution < 1.29 is 4.79 Å². The molecule has 0 atom stereocenters. The number of ketones is 1. The molecular weight excluding hydrogens is 286 g/mol. The van der Waals surface area contributed by atoms with E-state index in [1.807, 2.05) is 0 Å². The number of hydrogen-bond donors (Lipinski definition) is 1. The van der Waals surface area contributed by atoms with Crippen molar-refractivity contribution in [2.75, 3.05) is 5.73 Å². The highest BCUT2D eigenvalue weighted by atomic mass is 16.3. The molecule has 1 aromatic heterocycles. The van der Waals surface area contributed by atoms with Gasteiger partial charge in [0, 0.05) is 23.0 Å². The van der Waals surface area contributed by atoms with Crippen LogP contribution in [0.4, 0.5) is 5.69 Å². The maximum absolute atomic E-state index is 11.9. The summed E-state index contributed by atoms with van der Waals surface area (Å²) >= 11 is 0. The highest BCUT2D eigenvalue weighted by Crippen LogP contribution is 2.41. The summed E-state index contributed by atoms with van der Waals surface area (Å²) in [5.74, 6) is -0.446. The van der Waals surface area contributed by atoms with E-state index in [-0.39, 0.29) is 33.7 Å². The van der Waals surface area contributed by atoms with Gasteiger partial charge in [-0.15, -0.1) is 4.91 Å². The van der Waals surface area contributed by atoms with Crippen LogP contribution in [-0.2, 0) is 4.79 Å². The van der Waals surface area contributed by atoms with Gasteiger partial charge in [0.25, 0.3) is 0 Å². The molecule has 0 saturated heterocycles. The van der Waals surface area contributed by atoms with Crippen LogP contribution in [0.1, 0.15) is 11.3 Å². The Kier molecular flexibility index (Phi) is 2.74. The molecule has 1 aliphatic carbocycles. The van der Waals surface area contributed by atoms with Gasteiger partial charge < -0.3 is 5.73 Å². The standard InChI is InChI=1S/C15H9N3O4/c1-5-3-7(9-11(16)15(21)14(9)20)8(4-17-5)10-12(18-22)6(2)13(10)19/h3-4H,2,16H2,1H3. The lowest BCUT2D eigenvalue weighted by atomic mass is 9.80. The van der Waals surface area contributed by atoms with Crippen LogP contribution in [0.3, 0.4) is 0 Å². The Balaban J connectivity index is 2.33. The summed E-state index contributed by atoms with van der Waals surface area (Å²) < 4.78 is 0. The quantitative estimate of drug-likeness (QED) is 0.509. The maximum atomic E-state index is 11.9. The van der Waals surface area contributed by atoms with Gasteiger partial charge in [-0.25, -0.2) is 0 Å². The molecule has 0 aliphatic heterocycles. The van der Waals surface area contributed by atoms with Crippen LogP contribution in [0.5, 0.6) is 0 Å². The zero-order valence-electron chi connectivity index (χ0n) is 11.5. The fourth-order valence-corrected chi connectivity index (χ4v) is 2.45. The average molecular weight is 295 g/mol. The van der Waals surface area contributed by atoms with Gasteiger partial charge >= 0.3 is 0 Å². The van der Waals surface area contributed by atoms with E-state index in [0.717, 1.165) is 0 Å². The minimum Gasteiger partial charge on any atom is -0.395 e. The van der Waals surface area contributed by atoms with E-state index < -0.39 is 16.6 Å². The van der Waals surface area contributed by atoms with E-state index in [0.29, 0.717) is 11.3 Å². The van der Waals surface area contributed by atoms with Crippen LogP contribution in [0, 0.1) is 11.8 Å². The van der Waals surface area contributed by atoms with Gasteiger partial charge in [0.2, 0.25) is 10.9 Å². The molecule has 1 aromatic carbocycles. The van der Waals surface area contributed by atoms with Crippen molar-refractivity contribution in [3.63, 3.8) is 0 Å². The highest BCUT2D eigenvalue weighted by molar-refractivity contribution is 6.40. The molecule has 108 valence electrons. The van der Waals surface area contributed by atoms with Crippen molar-refractivity contribution in [3.05, 3.63) is 66.7 Å². The topological polar surface area (TPSA) is 120 Å². The van der Waals surface area contributed by atoms with E-state index in [4.69, 9.17) is 5.73 Å². The van der Waals surface area contributed by atoms with E-state index in [9.17, 15) is 19.3 Å². The zero-order valence-corrected chi connectivity index (χ0v) is 11.5. The van der Waals surface area contributed by atoms with Crippen LogP contribution in [0.2, 0.25) is 0 Å². The van der Waals surface area contributed by atoms with E-state index >= 15 is 0 Å². The number of anilines is 1. The van der Waals surface area contributed by atoms with Crippen molar-refractivity contribution in [1.29, 1.82) is 0 Å². The minimum atomic E-state index is -0.762. The number of aromatic nitrogens is 1. The van der Waals surface area contributed by atoms with Crippen LogP contribution >= 0.6 is 0 Å². The number of nitrogens with zero attached hydrogens (tertiary/aromatic N) is 2. The summed E-state index contributed by atoms with van der Waals surface area (Å²) in [6, 6.07) is 1.53. The normalized spacial score (nSPS) is 14.4. The first-order valence-electron chi connectivity index (χ1n) is 6.26. The molecule has 0 saturated carbocycles. The second kappa shape index (κ2) is 4.39. The molecule has 7 heteroatoms. The van der Waals surface area contributed by atoms with Crippen LogP contribution in [-0.4, -0.2) is 10.8 Å². The average Bonchev–Trinajstić information content (AvgIpc) is 2.52. The number of rotatable bonds is 3. The number of aryl methyl sites for hydroxylation is 1. The molecule has 1 aliphatic rings. The second-order valence-corrected chi connectivity index (χ2v) is 4.94. The number of nitroso groups, excluding NO2 is 1. The van der Waals surface area contributed by atoms with Gasteiger partial charge in [0.15, 0.2) is 5.78 Å². The lowest BCUT2D eigenvalue weighted by molar-refractivity contribution is -0.111. The molecule has 0 bridgehead atoms. The van der Waals surface area contributed by atoms with Crippen molar-refractivity contribution in [1.82, 2.24) is 4.98 Å². The fraction of sp³-hybridized carbons (Fsp3) is 0.0667. The highest BCUT2D eigenvalue weighted by Gasteiger charge is 2.37. The molecule has 2 aromatic rings. The van der Waals surface area contributed by atoms with Crippen LogP contribution in [0.15, 0.2) is 44.9 Å². The Morgan fingerprint density at radius 3 is 2.45 bits per heavy atom. The smallest absolute Gasteiger partial charge is 0.249 e. The number of pyridine rings is 1. The first-order valence-corrected chi connectivity index (χ1v) is 6.26. The SMILES string of the molecule is C=C1C(=O)C(c2cnc(C)cc2-c2c(N)c(=O)c2=O)=C1N=O. The van der Waals surface area contributed by atoms with Crippen molar-refractivity contribution in [2.45, 2.75) is 6.92 Å². The molecule has 1 heterocycles. The molecule has 2 N–H and O–H groups in total. The third kappa shape index (κ3) is 1.56. The number of allylic oxidation sites excluding steroid dienone is 2. The number of nitrogen functional groups attached to an aromatic ring is 1. The molecule has 0 fully saturated rings. The summed E-state index contributed by atoms with van der Waals surface area (Å²) in [5, 5.41) is 2.79. The number of carbonyl (C=O) groups excluding carboxylic acids is 1. The zero-order chi connectivity index (χ0) is 16.2. The van der Waals surface area contributed by atoms with Gasteiger partial charge in [-0.05, 0) is 23.7 Å². The molecular formula is C15H9N3O4. The minimum absolute atomic E-state index is 0.00879. The summed E-state index contributed by atoms with van der Waals surface area (Å²) in [7, 11) is 0. The van der Waals surface area contributed by atoms with Gasteiger partial charge in [0.1, 0.15) is 5.70 Å². The molecule has 7 nitrogen and oxygen atoms in total. The molecule has 0 amide bonds. The maximum Gasteiger partial charge on any atom is 0.249 e. The van der Waals surface area contributed by atoms with E-state index in [1.54, 1.807) is 6.92 Å². The molecule has 22 heavy (non-hydrogen) atoms. The predicted molar refractivity (Wildman–Crippen MR) is 80.6 cm³/mol. The Hall–Kier alpha value is -3.22. The van der Waals surface area contributed by atoms with E-state index in [1.165, 1.54) is 12.3 Å². The predicted octanol–water partition coefficient (Wildman–Crippen LogP) is 0.852. The molecule has 0 spiro atoms. The van der Waals surface area contributed by atoms with Crippen molar-refractivity contribution in [2.24, 2.45) is 5.18 Å². The van der Waals surface area contributed by atoms with Crippen molar-refractivity contribution in [3.8, 4) is 11.1 Å². The number of hydrogen-bond acceptors (Lipinski definition) is 7. The van der Waals surface area contributed by atoms with Gasteiger partial charge in [0.05, 0.1) is 16.8 Å². The van der Waals surface area contributed by atoms with E-state index in [2.05, 4.69) is 16.7 Å². The third-order valence-corrected chi connectivity index (χ3v) is 3.64. The Morgan fingerprint density at radius 1 is 1.18 bits per heavy atom. The summed E-state index contributed by atoms with van der Waals surface area (Å²) in [5.41, 5.74) is 5.05. The second-order valence-electron chi connectivity index (χ2n) is 4.94. The lowest BCUT2D eigenvalue weighted by Crippen LogP contribution is -2.36. The van der Waals surface area contributed by atoms with Gasteiger partial charge in [-0.1, -0.05) is 6.58 Å².